The van der Waals surface area contributed by atoms with Crippen LogP contribution in [0.1, 0.15) is 36.5 Å². The van der Waals surface area contributed by atoms with E-state index in [4.69, 9.17) is 31.5 Å². The molecule has 0 saturated carbocycles. The van der Waals surface area contributed by atoms with Crippen LogP contribution in [0.3, 0.4) is 0 Å². The fraction of sp³-hybridized carbons (Fsp3) is 0.185. The van der Waals surface area contributed by atoms with Gasteiger partial charge in [0, 0.05) is 16.7 Å². The minimum Gasteiger partial charge on any atom is -0.479 e. The van der Waals surface area contributed by atoms with E-state index < -0.39 is 18.0 Å². The molecule has 0 fully saturated rings. The quantitative estimate of drug-likeness (QED) is 0.374. The summed E-state index contributed by atoms with van der Waals surface area (Å²) in [6.07, 6.45) is 0.105. The molecule has 2 unspecified atom stereocenters. The number of benzene rings is 3. The van der Waals surface area contributed by atoms with Crippen LogP contribution in [0.15, 0.2) is 78.2 Å². The fourth-order valence-corrected chi connectivity index (χ4v) is 3.88. The minimum absolute atomic E-state index is 0.00524. The van der Waals surface area contributed by atoms with Gasteiger partial charge in [-0.3, -0.25) is 0 Å². The molecular weight excluding hydrogens is 452 g/mol. The van der Waals surface area contributed by atoms with Crippen molar-refractivity contribution in [2.24, 2.45) is 5.73 Å². The van der Waals surface area contributed by atoms with Crippen LogP contribution in [0.2, 0.25) is 5.02 Å². The molecule has 1 aliphatic heterocycles. The van der Waals surface area contributed by atoms with Crippen LogP contribution in [0.25, 0.3) is 0 Å². The molecule has 0 aliphatic carbocycles. The van der Waals surface area contributed by atoms with E-state index in [0.717, 1.165) is 17.5 Å². The topological polar surface area (TPSA) is 94.6 Å². The first-order valence-electron chi connectivity index (χ1n) is 10.8. The first-order valence-corrected chi connectivity index (χ1v) is 11.2. The highest BCUT2D eigenvalue weighted by Gasteiger charge is 2.31. The molecular formula is C27H23ClN2O4. The summed E-state index contributed by atoms with van der Waals surface area (Å²) in [7, 11) is 0. The lowest BCUT2D eigenvalue weighted by Crippen LogP contribution is -2.28. The van der Waals surface area contributed by atoms with Crippen molar-refractivity contribution in [3.05, 3.63) is 99.9 Å². The lowest BCUT2D eigenvalue weighted by molar-refractivity contribution is -0.141. The zero-order valence-electron chi connectivity index (χ0n) is 18.7. The molecule has 2 N–H and O–H groups in total. The van der Waals surface area contributed by atoms with Gasteiger partial charge in [-0.1, -0.05) is 48.9 Å². The maximum atomic E-state index is 12.6. The summed E-state index contributed by atoms with van der Waals surface area (Å²) in [4.78, 5) is 12.6. The van der Waals surface area contributed by atoms with Crippen LogP contribution < -0.4 is 19.9 Å². The molecule has 4 rings (SSSR count). The van der Waals surface area contributed by atoms with Crippen LogP contribution in [0, 0.1) is 11.3 Å². The Balaban J connectivity index is 1.54. The Morgan fingerprint density at radius 3 is 2.44 bits per heavy atom. The molecule has 2 atom stereocenters. The molecule has 3 aromatic rings. The van der Waals surface area contributed by atoms with Crippen molar-refractivity contribution in [1.82, 2.24) is 0 Å². The van der Waals surface area contributed by atoms with Gasteiger partial charge in [0.2, 0.25) is 5.88 Å². The maximum Gasteiger partial charge on any atom is 0.352 e. The smallest absolute Gasteiger partial charge is 0.352 e. The van der Waals surface area contributed by atoms with Crippen LogP contribution >= 0.6 is 11.6 Å². The second-order valence-corrected chi connectivity index (χ2v) is 8.29. The van der Waals surface area contributed by atoms with Gasteiger partial charge in [0.05, 0.1) is 5.92 Å². The lowest BCUT2D eigenvalue weighted by Gasteiger charge is -2.26. The lowest BCUT2D eigenvalue weighted by atomic mass is 9.83. The monoisotopic (exact) mass is 474 g/mol. The van der Waals surface area contributed by atoms with Gasteiger partial charge < -0.3 is 19.9 Å². The molecule has 7 heteroatoms. The van der Waals surface area contributed by atoms with Crippen LogP contribution in [-0.2, 0) is 11.2 Å². The first-order chi connectivity index (χ1) is 16.4. The Labute approximate surface area is 203 Å². The van der Waals surface area contributed by atoms with E-state index in [9.17, 15) is 10.1 Å². The maximum absolute atomic E-state index is 12.6. The Morgan fingerprint density at radius 1 is 1.12 bits per heavy atom. The third-order valence-electron chi connectivity index (χ3n) is 5.59. The standard InChI is InChI=1S/C27H23ClN2O4/c1-3-17-4-10-20(11-5-17)32-16(2)27(31)33-21-12-13-22-24(14-21)34-26(30)23(15-29)25(22)18-6-8-19(28)9-7-18/h4-14,16,25H,3,30H2,1-2H3. The molecule has 6 nitrogen and oxygen atoms in total. The Hall–Kier alpha value is -3.95. The summed E-state index contributed by atoms with van der Waals surface area (Å²) >= 11 is 6.02. The Bertz CT molecular complexity index is 1280. The first kappa shape index (κ1) is 23.2. The number of carbonyl (C=O) groups is 1. The molecule has 3 aromatic carbocycles. The van der Waals surface area contributed by atoms with Crippen molar-refractivity contribution < 1.29 is 19.0 Å². The van der Waals surface area contributed by atoms with E-state index in [1.54, 1.807) is 37.3 Å². The highest BCUT2D eigenvalue weighted by Crippen LogP contribution is 2.43. The summed E-state index contributed by atoms with van der Waals surface area (Å²) in [5.41, 5.74) is 9.10. The SMILES string of the molecule is CCc1ccc(OC(C)C(=O)Oc2ccc3c(c2)OC(N)=C(C#N)C3c2ccc(Cl)cc2)cc1. The van der Waals surface area contributed by atoms with Crippen molar-refractivity contribution in [3.8, 4) is 23.3 Å². The average Bonchev–Trinajstić information content (AvgIpc) is 2.84. The van der Waals surface area contributed by atoms with E-state index in [1.807, 2.05) is 36.4 Å². The van der Waals surface area contributed by atoms with Gasteiger partial charge in [0.1, 0.15) is 28.9 Å². The van der Waals surface area contributed by atoms with E-state index in [1.165, 1.54) is 5.56 Å². The van der Waals surface area contributed by atoms with Gasteiger partial charge in [-0.05, 0) is 54.8 Å². The summed E-state index contributed by atoms with van der Waals surface area (Å²) in [5.74, 6) is 0.304. The number of halogens is 1. The molecule has 0 saturated heterocycles. The Morgan fingerprint density at radius 2 is 1.79 bits per heavy atom. The summed E-state index contributed by atoms with van der Waals surface area (Å²) < 4.78 is 16.9. The molecule has 1 heterocycles. The number of esters is 1. The number of nitriles is 1. The number of allylic oxidation sites excluding steroid dienone is 1. The normalized spacial score (nSPS) is 15.5. The van der Waals surface area contributed by atoms with Gasteiger partial charge in [0.25, 0.3) is 0 Å². The largest absolute Gasteiger partial charge is 0.479 e. The molecule has 0 spiro atoms. The number of hydrogen-bond donors (Lipinski definition) is 1. The summed E-state index contributed by atoms with van der Waals surface area (Å²) in [6.45, 7) is 3.70. The average molecular weight is 475 g/mol. The van der Waals surface area contributed by atoms with Crippen molar-refractivity contribution >= 4 is 17.6 Å². The van der Waals surface area contributed by atoms with Crippen molar-refractivity contribution in [1.29, 1.82) is 5.26 Å². The van der Waals surface area contributed by atoms with Crippen LogP contribution in [-0.4, -0.2) is 12.1 Å². The van der Waals surface area contributed by atoms with E-state index in [2.05, 4.69) is 13.0 Å². The van der Waals surface area contributed by atoms with E-state index >= 15 is 0 Å². The van der Waals surface area contributed by atoms with Crippen molar-refractivity contribution in [2.45, 2.75) is 32.3 Å². The second-order valence-electron chi connectivity index (χ2n) is 7.85. The molecule has 0 aromatic heterocycles. The number of nitrogens with zero attached hydrogens (tertiary/aromatic N) is 1. The van der Waals surface area contributed by atoms with Crippen molar-refractivity contribution in [2.75, 3.05) is 0 Å². The number of rotatable bonds is 6. The molecule has 172 valence electrons. The van der Waals surface area contributed by atoms with E-state index in [-0.39, 0.29) is 11.6 Å². The van der Waals surface area contributed by atoms with Gasteiger partial charge in [-0.25, -0.2) is 4.79 Å². The van der Waals surface area contributed by atoms with Crippen molar-refractivity contribution in [3.63, 3.8) is 0 Å². The molecule has 0 bridgehead atoms. The number of hydrogen-bond acceptors (Lipinski definition) is 6. The Kier molecular flexibility index (Phi) is 6.76. The van der Waals surface area contributed by atoms with Gasteiger partial charge >= 0.3 is 5.97 Å². The molecule has 0 radical (unpaired) electrons. The zero-order valence-corrected chi connectivity index (χ0v) is 19.5. The molecule has 1 aliphatic rings. The third-order valence-corrected chi connectivity index (χ3v) is 5.84. The third kappa shape index (κ3) is 4.85. The number of aryl methyl sites for hydroxylation is 1. The fourth-order valence-electron chi connectivity index (χ4n) is 3.75. The highest BCUT2D eigenvalue weighted by molar-refractivity contribution is 6.30. The predicted octanol–water partition coefficient (Wildman–Crippen LogP) is 5.49. The summed E-state index contributed by atoms with van der Waals surface area (Å²) in [5, 5.41) is 10.3. The number of carbonyl (C=O) groups excluding carboxylic acids is 1. The number of nitrogens with two attached hydrogens (primary N) is 1. The molecule has 34 heavy (non-hydrogen) atoms. The van der Waals surface area contributed by atoms with Gasteiger partial charge in [0.15, 0.2) is 6.10 Å². The predicted molar refractivity (Wildman–Crippen MR) is 129 cm³/mol. The number of ether oxygens (including phenoxy) is 3. The van der Waals surface area contributed by atoms with Gasteiger partial charge in [-0.15, -0.1) is 0 Å². The van der Waals surface area contributed by atoms with Crippen LogP contribution in [0.5, 0.6) is 17.2 Å². The second kappa shape index (κ2) is 9.90. The summed E-state index contributed by atoms with van der Waals surface area (Å²) in [6, 6.07) is 21.9. The van der Waals surface area contributed by atoms with Crippen LogP contribution in [0.4, 0.5) is 0 Å². The highest BCUT2D eigenvalue weighted by atomic mass is 35.5. The minimum atomic E-state index is -0.818. The molecule has 0 amide bonds. The van der Waals surface area contributed by atoms with E-state index in [0.29, 0.717) is 22.1 Å². The number of fused-ring (bicyclic) bond motifs is 1. The zero-order chi connectivity index (χ0) is 24.2. The van der Waals surface area contributed by atoms with Gasteiger partial charge in [-0.2, -0.15) is 5.26 Å².